The van der Waals surface area contributed by atoms with Crippen LogP contribution in [0, 0.1) is 5.92 Å². The summed E-state index contributed by atoms with van der Waals surface area (Å²) < 4.78 is 0. The fraction of sp³-hybridized carbons (Fsp3) is 0.545. The summed E-state index contributed by atoms with van der Waals surface area (Å²) >= 11 is 3.51. The Morgan fingerprint density at radius 1 is 1.50 bits per heavy atom. The van der Waals surface area contributed by atoms with Crippen LogP contribution in [-0.2, 0) is 6.54 Å². The Labute approximate surface area is 94.3 Å². The van der Waals surface area contributed by atoms with Gasteiger partial charge < -0.3 is 5.32 Å². The SMILES string of the molecule is CC(C)C(CBr)NCc1cccnc1. The maximum absolute atomic E-state index is 4.08. The van der Waals surface area contributed by atoms with E-state index in [-0.39, 0.29) is 0 Å². The molecule has 3 heteroatoms. The van der Waals surface area contributed by atoms with Crippen LogP contribution in [0.25, 0.3) is 0 Å². The monoisotopic (exact) mass is 256 g/mol. The van der Waals surface area contributed by atoms with E-state index in [1.54, 1.807) is 6.20 Å². The van der Waals surface area contributed by atoms with Crippen molar-refractivity contribution in [2.75, 3.05) is 5.33 Å². The molecule has 78 valence electrons. The summed E-state index contributed by atoms with van der Waals surface area (Å²) in [6.45, 7) is 5.34. The molecule has 0 bridgehead atoms. The molecule has 0 spiro atoms. The lowest BCUT2D eigenvalue weighted by atomic mass is 10.1. The van der Waals surface area contributed by atoms with Gasteiger partial charge in [-0.3, -0.25) is 4.98 Å². The summed E-state index contributed by atoms with van der Waals surface area (Å²) in [4.78, 5) is 4.08. The molecule has 0 amide bonds. The zero-order valence-corrected chi connectivity index (χ0v) is 10.3. The number of nitrogens with zero attached hydrogens (tertiary/aromatic N) is 1. The molecule has 0 aliphatic carbocycles. The summed E-state index contributed by atoms with van der Waals surface area (Å²) in [5, 5.41) is 4.49. The van der Waals surface area contributed by atoms with Crippen molar-refractivity contribution < 1.29 is 0 Å². The van der Waals surface area contributed by atoms with Crippen LogP contribution < -0.4 is 5.32 Å². The molecule has 0 aliphatic rings. The average molecular weight is 257 g/mol. The van der Waals surface area contributed by atoms with Gasteiger partial charge in [-0.15, -0.1) is 0 Å². The van der Waals surface area contributed by atoms with Gasteiger partial charge in [0.25, 0.3) is 0 Å². The highest BCUT2D eigenvalue weighted by Gasteiger charge is 2.10. The first-order valence-electron chi connectivity index (χ1n) is 4.92. The van der Waals surface area contributed by atoms with E-state index < -0.39 is 0 Å². The molecule has 1 N–H and O–H groups in total. The first kappa shape index (κ1) is 11.7. The van der Waals surface area contributed by atoms with Crippen LogP contribution in [0.2, 0.25) is 0 Å². The van der Waals surface area contributed by atoms with Crippen LogP contribution in [0.4, 0.5) is 0 Å². The second kappa shape index (κ2) is 6.14. The molecular weight excluding hydrogens is 240 g/mol. The predicted octanol–water partition coefficient (Wildman–Crippen LogP) is 2.59. The van der Waals surface area contributed by atoms with E-state index in [1.807, 2.05) is 12.3 Å². The van der Waals surface area contributed by atoms with Crippen molar-refractivity contribution in [1.82, 2.24) is 10.3 Å². The van der Waals surface area contributed by atoms with Crippen LogP contribution in [0.3, 0.4) is 0 Å². The van der Waals surface area contributed by atoms with E-state index in [0.717, 1.165) is 11.9 Å². The maximum atomic E-state index is 4.08. The predicted molar refractivity (Wildman–Crippen MR) is 63.5 cm³/mol. The van der Waals surface area contributed by atoms with E-state index in [1.165, 1.54) is 5.56 Å². The van der Waals surface area contributed by atoms with Gasteiger partial charge in [0.2, 0.25) is 0 Å². The third kappa shape index (κ3) is 3.76. The van der Waals surface area contributed by atoms with E-state index in [0.29, 0.717) is 12.0 Å². The fourth-order valence-electron chi connectivity index (χ4n) is 1.22. The maximum Gasteiger partial charge on any atom is 0.0312 e. The molecule has 0 aliphatic heterocycles. The minimum atomic E-state index is 0.523. The Morgan fingerprint density at radius 2 is 2.29 bits per heavy atom. The van der Waals surface area contributed by atoms with Gasteiger partial charge in [-0.2, -0.15) is 0 Å². The highest BCUT2D eigenvalue weighted by Crippen LogP contribution is 2.06. The van der Waals surface area contributed by atoms with Gasteiger partial charge in [-0.25, -0.2) is 0 Å². The van der Waals surface area contributed by atoms with E-state index in [2.05, 4.69) is 46.1 Å². The Balaban J connectivity index is 2.40. The summed E-state index contributed by atoms with van der Waals surface area (Å²) in [6.07, 6.45) is 3.70. The van der Waals surface area contributed by atoms with Gasteiger partial charge in [-0.05, 0) is 17.5 Å². The quantitative estimate of drug-likeness (QED) is 0.820. The fourth-order valence-corrected chi connectivity index (χ4v) is 2.20. The summed E-state index contributed by atoms with van der Waals surface area (Å²) in [7, 11) is 0. The minimum absolute atomic E-state index is 0.523. The molecule has 1 unspecified atom stereocenters. The minimum Gasteiger partial charge on any atom is -0.309 e. The lowest BCUT2D eigenvalue weighted by Crippen LogP contribution is -2.34. The van der Waals surface area contributed by atoms with E-state index in [9.17, 15) is 0 Å². The van der Waals surface area contributed by atoms with Crippen LogP contribution in [-0.4, -0.2) is 16.4 Å². The molecule has 0 aromatic carbocycles. The molecule has 0 saturated carbocycles. The van der Waals surface area contributed by atoms with Crippen LogP contribution in [0.15, 0.2) is 24.5 Å². The zero-order chi connectivity index (χ0) is 10.4. The number of nitrogens with one attached hydrogen (secondary N) is 1. The second-order valence-electron chi connectivity index (χ2n) is 3.75. The van der Waals surface area contributed by atoms with Crippen molar-refractivity contribution in [1.29, 1.82) is 0 Å². The molecule has 1 aromatic rings. The third-order valence-corrected chi connectivity index (χ3v) is 2.96. The standard InChI is InChI=1S/C11H17BrN2/c1-9(2)11(6-12)14-8-10-4-3-5-13-7-10/h3-5,7,9,11,14H,6,8H2,1-2H3. The van der Waals surface area contributed by atoms with Crippen molar-refractivity contribution in [3.63, 3.8) is 0 Å². The smallest absolute Gasteiger partial charge is 0.0312 e. The molecule has 1 rings (SSSR count). The molecule has 2 nitrogen and oxygen atoms in total. The first-order valence-corrected chi connectivity index (χ1v) is 6.04. The van der Waals surface area contributed by atoms with Crippen LogP contribution in [0.5, 0.6) is 0 Å². The number of hydrogen-bond donors (Lipinski definition) is 1. The lowest BCUT2D eigenvalue weighted by molar-refractivity contribution is 0.434. The van der Waals surface area contributed by atoms with Crippen molar-refractivity contribution in [2.45, 2.75) is 26.4 Å². The van der Waals surface area contributed by atoms with Crippen molar-refractivity contribution in [3.8, 4) is 0 Å². The Kier molecular flexibility index (Phi) is 5.12. The molecule has 1 atom stereocenters. The number of pyridine rings is 1. The third-order valence-electron chi connectivity index (χ3n) is 2.26. The molecular formula is C11H17BrN2. The zero-order valence-electron chi connectivity index (χ0n) is 8.70. The second-order valence-corrected chi connectivity index (χ2v) is 4.39. The van der Waals surface area contributed by atoms with Gasteiger partial charge in [0.15, 0.2) is 0 Å². The average Bonchev–Trinajstić information content (AvgIpc) is 2.20. The van der Waals surface area contributed by atoms with Crippen molar-refractivity contribution >= 4 is 15.9 Å². The number of hydrogen-bond acceptors (Lipinski definition) is 2. The topological polar surface area (TPSA) is 24.9 Å². The lowest BCUT2D eigenvalue weighted by Gasteiger charge is -2.19. The Morgan fingerprint density at radius 3 is 2.79 bits per heavy atom. The molecule has 0 radical (unpaired) electrons. The van der Waals surface area contributed by atoms with Crippen molar-refractivity contribution in [3.05, 3.63) is 30.1 Å². The largest absolute Gasteiger partial charge is 0.309 e. The highest BCUT2D eigenvalue weighted by atomic mass is 79.9. The number of alkyl halides is 1. The molecule has 1 heterocycles. The molecule has 0 saturated heterocycles. The molecule has 1 aromatic heterocycles. The van der Waals surface area contributed by atoms with Gasteiger partial charge in [0.05, 0.1) is 0 Å². The highest BCUT2D eigenvalue weighted by molar-refractivity contribution is 9.09. The molecule has 0 fully saturated rings. The van der Waals surface area contributed by atoms with Gasteiger partial charge in [0.1, 0.15) is 0 Å². The van der Waals surface area contributed by atoms with Crippen LogP contribution in [0.1, 0.15) is 19.4 Å². The summed E-state index contributed by atoms with van der Waals surface area (Å²) in [5.74, 6) is 0.644. The van der Waals surface area contributed by atoms with Gasteiger partial charge >= 0.3 is 0 Å². The number of aromatic nitrogens is 1. The van der Waals surface area contributed by atoms with E-state index >= 15 is 0 Å². The number of rotatable bonds is 5. The number of halogens is 1. The Bertz CT molecular complexity index is 249. The normalized spacial score (nSPS) is 13.1. The van der Waals surface area contributed by atoms with E-state index in [4.69, 9.17) is 0 Å². The van der Waals surface area contributed by atoms with Gasteiger partial charge in [0, 0.05) is 30.3 Å². The summed E-state index contributed by atoms with van der Waals surface area (Å²) in [6, 6.07) is 4.58. The first-order chi connectivity index (χ1) is 6.74. The van der Waals surface area contributed by atoms with Crippen LogP contribution >= 0.6 is 15.9 Å². The van der Waals surface area contributed by atoms with Gasteiger partial charge in [-0.1, -0.05) is 35.8 Å². The summed E-state index contributed by atoms with van der Waals surface area (Å²) in [5.41, 5.74) is 1.24. The molecule has 14 heavy (non-hydrogen) atoms. The van der Waals surface area contributed by atoms with Crippen molar-refractivity contribution in [2.24, 2.45) is 5.92 Å². The Hall–Kier alpha value is -0.410.